The molecule has 0 radical (unpaired) electrons. The minimum absolute atomic E-state index is 0.0122. The van der Waals surface area contributed by atoms with E-state index >= 15 is 0 Å². The monoisotopic (exact) mass is 414 g/mol. The molecule has 7 nitrogen and oxygen atoms in total. The first-order valence-electron chi connectivity index (χ1n) is 9.32. The van der Waals surface area contributed by atoms with E-state index in [0.29, 0.717) is 30.2 Å². The molecule has 3 aromatic rings. The van der Waals surface area contributed by atoms with Crippen LogP contribution in [0, 0.1) is 0 Å². The van der Waals surface area contributed by atoms with Gasteiger partial charge in [0, 0.05) is 42.7 Å². The van der Waals surface area contributed by atoms with Crippen LogP contribution in [0.2, 0.25) is 5.02 Å². The van der Waals surface area contributed by atoms with Gasteiger partial charge in [0.15, 0.2) is 0 Å². The van der Waals surface area contributed by atoms with Gasteiger partial charge < -0.3 is 10.4 Å². The molecule has 0 aliphatic heterocycles. The van der Waals surface area contributed by atoms with Crippen molar-refractivity contribution < 1.29 is 9.90 Å². The Kier molecular flexibility index (Phi) is 6.51. The molecular weight excluding hydrogens is 392 g/mol. The van der Waals surface area contributed by atoms with Crippen molar-refractivity contribution in [1.29, 1.82) is 0 Å². The average Bonchev–Trinajstić information content (AvgIpc) is 3.12. The van der Waals surface area contributed by atoms with E-state index in [-0.39, 0.29) is 23.5 Å². The largest absolute Gasteiger partial charge is 0.396 e. The third-order valence-corrected chi connectivity index (χ3v) is 4.74. The Balaban J connectivity index is 2.14. The lowest BCUT2D eigenvalue weighted by Crippen LogP contribution is -2.25. The van der Waals surface area contributed by atoms with Crippen molar-refractivity contribution >= 4 is 23.2 Å². The van der Waals surface area contributed by atoms with Gasteiger partial charge in [0.1, 0.15) is 5.69 Å². The number of carbonyl (C=O) groups excluding carboxylic acids is 1. The quantitative estimate of drug-likeness (QED) is 0.459. The molecule has 2 N–H and O–H groups in total. The second-order valence-electron chi connectivity index (χ2n) is 6.88. The maximum Gasteiger partial charge on any atom is 0.295 e. The number of aliphatic hydroxyl groups is 1. The van der Waals surface area contributed by atoms with E-state index in [1.807, 2.05) is 38.1 Å². The molecule has 0 saturated heterocycles. The number of aliphatic hydroxyl groups excluding tert-OH is 1. The number of rotatable bonds is 7. The van der Waals surface area contributed by atoms with Crippen molar-refractivity contribution in [3.05, 3.63) is 69.4 Å². The molecule has 0 aliphatic rings. The van der Waals surface area contributed by atoms with Crippen LogP contribution in [-0.4, -0.2) is 38.1 Å². The second kappa shape index (κ2) is 9.07. The van der Waals surface area contributed by atoms with Crippen LogP contribution in [0.3, 0.4) is 0 Å². The average molecular weight is 415 g/mol. The number of hydrogen-bond donors (Lipinski definition) is 2. The summed E-state index contributed by atoms with van der Waals surface area (Å²) in [4.78, 5) is 29.7. The third kappa shape index (κ3) is 4.58. The fraction of sp³-hybridized carbons (Fsp3) is 0.286. The number of carbonyl (C=O) groups is 1. The lowest BCUT2D eigenvalue weighted by Gasteiger charge is -2.13. The minimum Gasteiger partial charge on any atom is -0.396 e. The van der Waals surface area contributed by atoms with Gasteiger partial charge in [-0.05, 0) is 26.3 Å². The smallest absolute Gasteiger partial charge is 0.295 e. The molecule has 1 aromatic carbocycles. The summed E-state index contributed by atoms with van der Waals surface area (Å²) in [6.45, 7) is 4.61. The van der Waals surface area contributed by atoms with Crippen LogP contribution in [-0.2, 0) is 6.54 Å². The van der Waals surface area contributed by atoms with Gasteiger partial charge in [-0.25, -0.2) is 4.98 Å². The van der Waals surface area contributed by atoms with E-state index in [9.17, 15) is 9.59 Å². The van der Waals surface area contributed by atoms with Crippen molar-refractivity contribution in [2.75, 3.05) is 13.2 Å². The van der Waals surface area contributed by atoms with Crippen molar-refractivity contribution in [3.8, 4) is 11.3 Å². The topological polar surface area (TPSA) is 88.6 Å². The zero-order valence-electron chi connectivity index (χ0n) is 16.4. The molecule has 8 heteroatoms. The standard InChI is InChI=1S/C21H23ClN4O3/c1-14(2)8-10-26-18(15-6-3-4-7-16(15)22)13-25-12-17(24-19(25)21(26)29)20(28)23-9-5-11-27/h3-4,6-8,12-13,27H,5,9-11H2,1-2H3,(H,23,28). The van der Waals surface area contributed by atoms with Gasteiger partial charge in [0.05, 0.1) is 5.69 Å². The van der Waals surface area contributed by atoms with E-state index in [1.165, 1.54) is 6.20 Å². The number of imidazole rings is 1. The molecule has 29 heavy (non-hydrogen) atoms. The minimum atomic E-state index is -0.392. The third-order valence-electron chi connectivity index (χ3n) is 4.41. The highest BCUT2D eigenvalue weighted by Gasteiger charge is 2.17. The number of fused-ring (bicyclic) bond motifs is 1. The zero-order valence-corrected chi connectivity index (χ0v) is 17.1. The van der Waals surface area contributed by atoms with Crippen LogP contribution in [0.1, 0.15) is 30.8 Å². The molecule has 0 aliphatic carbocycles. The molecule has 0 bridgehead atoms. The first kappa shape index (κ1) is 20.8. The number of nitrogens with zero attached hydrogens (tertiary/aromatic N) is 3. The van der Waals surface area contributed by atoms with Gasteiger partial charge in [-0.1, -0.05) is 41.4 Å². The van der Waals surface area contributed by atoms with E-state index in [4.69, 9.17) is 16.7 Å². The highest BCUT2D eigenvalue weighted by molar-refractivity contribution is 6.33. The highest BCUT2D eigenvalue weighted by atomic mass is 35.5. The number of aromatic nitrogens is 3. The van der Waals surface area contributed by atoms with Crippen molar-refractivity contribution in [2.45, 2.75) is 26.8 Å². The van der Waals surface area contributed by atoms with Crippen LogP contribution < -0.4 is 10.9 Å². The van der Waals surface area contributed by atoms with E-state index < -0.39 is 5.91 Å². The number of halogens is 1. The SMILES string of the molecule is CC(C)=CCn1c(-c2ccccc2Cl)cn2cc(C(=O)NCCCO)nc2c1=O. The fourth-order valence-electron chi connectivity index (χ4n) is 2.90. The Morgan fingerprint density at radius 1 is 1.28 bits per heavy atom. The molecule has 2 heterocycles. The Bertz CT molecular complexity index is 1130. The fourth-order valence-corrected chi connectivity index (χ4v) is 3.13. The first-order chi connectivity index (χ1) is 13.9. The van der Waals surface area contributed by atoms with Gasteiger partial charge in [-0.3, -0.25) is 18.6 Å². The van der Waals surface area contributed by atoms with Gasteiger partial charge >= 0.3 is 0 Å². The molecule has 0 saturated carbocycles. The molecule has 1 amide bonds. The normalized spacial score (nSPS) is 10.9. The summed E-state index contributed by atoms with van der Waals surface area (Å²) in [5.74, 6) is -0.392. The number of benzene rings is 1. The highest BCUT2D eigenvalue weighted by Crippen LogP contribution is 2.27. The number of nitrogens with one attached hydrogen (secondary N) is 1. The van der Waals surface area contributed by atoms with Crippen LogP contribution in [0.25, 0.3) is 16.9 Å². The van der Waals surface area contributed by atoms with Crippen LogP contribution in [0.15, 0.2) is 53.1 Å². The Morgan fingerprint density at radius 2 is 2.03 bits per heavy atom. The van der Waals surface area contributed by atoms with E-state index in [1.54, 1.807) is 21.2 Å². The van der Waals surface area contributed by atoms with Gasteiger partial charge in [0.25, 0.3) is 11.5 Å². The summed E-state index contributed by atoms with van der Waals surface area (Å²) in [6.07, 6.45) is 5.68. The second-order valence-corrected chi connectivity index (χ2v) is 7.29. The van der Waals surface area contributed by atoms with Gasteiger partial charge in [-0.15, -0.1) is 0 Å². The molecule has 152 valence electrons. The summed E-state index contributed by atoms with van der Waals surface area (Å²) in [6, 6.07) is 7.30. The van der Waals surface area contributed by atoms with E-state index in [0.717, 1.165) is 11.1 Å². The lowest BCUT2D eigenvalue weighted by molar-refractivity contribution is 0.0947. The number of amides is 1. The van der Waals surface area contributed by atoms with Gasteiger partial charge in [-0.2, -0.15) is 0 Å². The Hall–Kier alpha value is -2.90. The van der Waals surface area contributed by atoms with Crippen LogP contribution in [0.5, 0.6) is 0 Å². The summed E-state index contributed by atoms with van der Waals surface area (Å²) in [5, 5.41) is 12.1. The Morgan fingerprint density at radius 3 is 2.72 bits per heavy atom. The number of hydrogen-bond acceptors (Lipinski definition) is 4. The molecule has 0 atom stereocenters. The summed E-state index contributed by atoms with van der Waals surface area (Å²) in [5.41, 5.74) is 2.43. The summed E-state index contributed by atoms with van der Waals surface area (Å²) >= 11 is 6.38. The van der Waals surface area contributed by atoms with Crippen LogP contribution in [0.4, 0.5) is 0 Å². The predicted octanol–water partition coefficient (Wildman–Crippen LogP) is 2.89. The van der Waals surface area contributed by atoms with E-state index in [2.05, 4.69) is 10.3 Å². The van der Waals surface area contributed by atoms with Crippen molar-refractivity contribution in [3.63, 3.8) is 0 Å². The molecule has 2 aromatic heterocycles. The van der Waals surface area contributed by atoms with Crippen LogP contribution >= 0.6 is 11.6 Å². The lowest BCUT2D eigenvalue weighted by atomic mass is 10.1. The summed E-state index contributed by atoms with van der Waals surface area (Å²) < 4.78 is 3.16. The Labute approximate surface area is 173 Å². The molecular formula is C21H23ClN4O3. The zero-order chi connectivity index (χ0) is 21.0. The molecule has 0 spiro atoms. The molecule has 0 unspecified atom stereocenters. The maximum atomic E-state index is 13.2. The first-order valence-corrected chi connectivity index (χ1v) is 9.70. The number of allylic oxidation sites excluding steroid dienone is 2. The predicted molar refractivity (Wildman–Crippen MR) is 113 cm³/mol. The van der Waals surface area contributed by atoms with Gasteiger partial charge in [0.2, 0.25) is 5.65 Å². The molecule has 3 rings (SSSR count). The summed E-state index contributed by atoms with van der Waals surface area (Å²) in [7, 11) is 0. The maximum absolute atomic E-state index is 13.2. The van der Waals surface area contributed by atoms with Crippen molar-refractivity contribution in [1.82, 2.24) is 19.3 Å². The molecule has 0 fully saturated rings. The van der Waals surface area contributed by atoms with Crippen molar-refractivity contribution in [2.24, 2.45) is 0 Å².